The lowest BCUT2D eigenvalue weighted by molar-refractivity contribution is -0.141. The second-order valence-electron chi connectivity index (χ2n) is 5.56. The number of nitrogens with zero attached hydrogens (tertiary/aromatic N) is 1. The number of sulfonamides is 1. The van der Waals surface area contributed by atoms with E-state index >= 15 is 0 Å². The van der Waals surface area contributed by atoms with E-state index in [4.69, 9.17) is 0 Å². The zero-order chi connectivity index (χ0) is 17.7. The maximum Gasteiger partial charge on any atom is 0.322 e. The molecular weight excluding hydrogens is 326 g/mol. The van der Waals surface area contributed by atoms with Crippen LogP contribution in [-0.4, -0.2) is 36.9 Å². The summed E-state index contributed by atoms with van der Waals surface area (Å²) in [5.41, 5.74) is 1.94. The molecule has 6 heteroatoms. The smallest absolute Gasteiger partial charge is 0.322 e. The van der Waals surface area contributed by atoms with Crippen LogP contribution >= 0.6 is 0 Å². The molecule has 0 aromatic heterocycles. The number of likely N-dealkylation sites (N-methyl/N-ethyl adjacent to an activating group) is 1. The molecule has 2 aromatic rings. The van der Waals surface area contributed by atoms with E-state index in [2.05, 4.69) is 0 Å². The number of hydrogen-bond acceptors (Lipinski definition) is 3. The summed E-state index contributed by atoms with van der Waals surface area (Å²) in [4.78, 5) is 11.7. The molecule has 0 radical (unpaired) electrons. The normalized spacial score (nSPS) is 13.0. The Morgan fingerprint density at radius 1 is 1.04 bits per heavy atom. The Balaban J connectivity index is 2.27. The molecule has 0 aliphatic carbocycles. The average molecular weight is 347 g/mol. The third-order valence-electron chi connectivity index (χ3n) is 4.00. The van der Waals surface area contributed by atoms with Gasteiger partial charge in [-0.05, 0) is 36.1 Å². The predicted molar refractivity (Wildman–Crippen MR) is 92.3 cm³/mol. The minimum Gasteiger partial charge on any atom is -0.480 e. The molecule has 0 saturated carbocycles. The topological polar surface area (TPSA) is 74.7 Å². The van der Waals surface area contributed by atoms with Crippen molar-refractivity contribution in [1.29, 1.82) is 0 Å². The fourth-order valence-corrected chi connectivity index (χ4v) is 3.77. The number of rotatable bonds is 7. The van der Waals surface area contributed by atoms with Gasteiger partial charge in [-0.25, -0.2) is 8.42 Å². The molecule has 0 heterocycles. The second-order valence-corrected chi connectivity index (χ2v) is 7.56. The van der Waals surface area contributed by atoms with Crippen LogP contribution in [0, 0.1) is 0 Å². The summed E-state index contributed by atoms with van der Waals surface area (Å²) in [6, 6.07) is 14.2. The van der Waals surface area contributed by atoms with E-state index in [-0.39, 0.29) is 11.3 Å². The van der Waals surface area contributed by atoms with E-state index in [0.717, 1.165) is 21.9 Å². The molecule has 0 fully saturated rings. The molecular formula is C18H21NO4S. The fraction of sp³-hybridized carbons (Fsp3) is 0.278. The Labute approximate surface area is 142 Å². The van der Waals surface area contributed by atoms with Crippen molar-refractivity contribution in [3.63, 3.8) is 0 Å². The monoisotopic (exact) mass is 347 g/mol. The Kier molecular flexibility index (Phi) is 5.75. The van der Waals surface area contributed by atoms with Crippen molar-refractivity contribution in [3.8, 4) is 0 Å². The number of carboxylic acid groups (broad SMARTS) is 1. The number of hydrogen-bond donors (Lipinski definition) is 1. The Morgan fingerprint density at radius 2 is 1.58 bits per heavy atom. The van der Waals surface area contributed by atoms with Crippen molar-refractivity contribution in [2.24, 2.45) is 0 Å². The van der Waals surface area contributed by atoms with Gasteiger partial charge in [-0.15, -0.1) is 0 Å². The Hall–Kier alpha value is -2.18. The molecule has 1 N–H and O–H groups in total. The van der Waals surface area contributed by atoms with Gasteiger partial charge in [0.1, 0.15) is 6.04 Å². The molecule has 5 nitrogen and oxygen atoms in total. The average Bonchev–Trinajstić information content (AvgIpc) is 2.60. The Bertz CT molecular complexity index is 786. The quantitative estimate of drug-likeness (QED) is 0.835. The summed E-state index contributed by atoms with van der Waals surface area (Å²) in [5.74, 6) is -1.17. The molecule has 2 aromatic carbocycles. The van der Waals surface area contributed by atoms with Crippen LogP contribution in [0.1, 0.15) is 18.1 Å². The predicted octanol–water partition coefficient (Wildman–Crippen LogP) is 2.57. The minimum atomic E-state index is -3.86. The standard InChI is InChI=1S/C18H21NO4S/c1-3-14-9-11-15(12-10-14)13-17(18(20)21)19(2)24(22,23)16-7-5-4-6-8-16/h4-12,17H,3,13H2,1-2H3,(H,20,21)/t17-/m0/s1. The third kappa shape index (κ3) is 4.01. The lowest BCUT2D eigenvalue weighted by Gasteiger charge is -2.24. The number of aryl methyl sites for hydroxylation is 1. The van der Waals surface area contributed by atoms with E-state index in [1.807, 2.05) is 31.2 Å². The maximum atomic E-state index is 12.6. The lowest BCUT2D eigenvalue weighted by Crippen LogP contribution is -2.43. The molecule has 0 spiro atoms. The second kappa shape index (κ2) is 7.59. The number of carbonyl (C=O) groups is 1. The van der Waals surface area contributed by atoms with Gasteiger partial charge in [0.2, 0.25) is 10.0 Å². The molecule has 0 unspecified atom stereocenters. The van der Waals surface area contributed by atoms with Crippen LogP contribution in [-0.2, 0) is 27.7 Å². The molecule has 0 amide bonds. The van der Waals surface area contributed by atoms with Crippen LogP contribution in [0.15, 0.2) is 59.5 Å². The van der Waals surface area contributed by atoms with Gasteiger partial charge >= 0.3 is 5.97 Å². The van der Waals surface area contributed by atoms with Crippen LogP contribution in [0.4, 0.5) is 0 Å². The largest absolute Gasteiger partial charge is 0.480 e. The van der Waals surface area contributed by atoms with Crippen molar-refractivity contribution < 1.29 is 18.3 Å². The highest BCUT2D eigenvalue weighted by molar-refractivity contribution is 7.89. The summed E-state index contributed by atoms with van der Waals surface area (Å²) >= 11 is 0. The maximum absolute atomic E-state index is 12.6. The van der Waals surface area contributed by atoms with Crippen molar-refractivity contribution >= 4 is 16.0 Å². The summed E-state index contributed by atoms with van der Waals surface area (Å²) < 4.78 is 26.2. The highest BCUT2D eigenvalue weighted by atomic mass is 32.2. The summed E-state index contributed by atoms with van der Waals surface area (Å²) in [6.45, 7) is 2.04. The third-order valence-corrected chi connectivity index (χ3v) is 5.89. The molecule has 2 rings (SSSR count). The zero-order valence-corrected chi connectivity index (χ0v) is 14.5. The van der Waals surface area contributed by atoms with Crippen molar-refractivity contribution in [2.45, 2.75) is 30.7 Å². The minimum absolute atomic E-state index is 0.0834. The highest BCUT2D eigenvalue weighted by Gasteiger charge is 2.32. The van der Waals surface area contributed by atoms with Crippen molar-refractivity contribution in [3.05, 3.63) is 65.7 Å². The van der Waals surface area contributed by atoms with Crippen molar-refractivity contribution in [1.82, 2.24) is 4.31 Å². The lowest BCUT2D eigenvalue weighted by atomic mass is 10.0. The van der Waals surface area contributed by atoms with Crippen molar-refractivity contribution in [2.75, 3.05) is 7.05 Å². The molecule has 1 atom stereocenters. The number of benzene rings is 2. The van der Waals surface area contributed by atoms with Crippen LogP contribution < -0.4 is 0 Å². The first-order valence-corrected chi connectivity index (χ1v) is 9.14. The fourth-order valence-electron chi connectivity index (χ4n) is 2.43. The van der Waals surface area contributed by atoms with Gasteiger partial charge in [0, 0.05) is 7.05 Å². The van der Waals surface area contributed by atoms with E-state index < -0.39 is 22.0 Å². The summed E-state index contributed by atoms with van der Waals surface area (Å²) in [7, 11) is -2.56. The number of aliphatic carboxylic acids is 1. The number of carboxylic acids is 1. The van der Waals surface area contributed by atoms with E-state index in [1.54, 1.807) is 18.2 Å². The molecule has 0 aliphatic heterocycles. The van der Waals surface area contributed by atoms with Gasteiger partial charge in [-0.3, -0.25) is 4.79 Å². The Morgan fingerprint density at radius 3 is 2.08 bits per heavy atom. The molecule has 128 valence electrons. The summed E-state index contributed by atoms with van der Waals surface area (Å²) in [5, 5.41) is 9.51. The SMILES string of the molecule is CCc1ccc(C[C@@H](C(=O)O)N(C)S(=O)(=O)c2ccccc2)cc1. The first-order valence-electron chi connectivity index (χ1n) is 7.70. The van der Waals surface area contributed by atoms with Crippen LogP contribution in [0.25, 0.3) is 0 Å². The molecule has 0 aliphatic rings. The first-order chi connectivity index (χ1) is 11.4. The summed E-state index contributed by atoms with van der Waals surface area (Å²) in [6.07, 6.45) is 1.01. The van der Waals surface area contributed by atoms with Crippen LogP contribution in [0.3, 0.4) is 0 Å². The van der Waals surface area contributed by atoms with E-state index in [0.29, 0.717) is 0 Å². The zero-order valence-electron chi connectivity index (χ0n) is 13.7. The van der Waals surface area contributed by atoms with Gasteiger partial charge in [0.15, 0.2) is 0 Å². The highest BCUT2D eigenvalue weighted by Crippen LogP contribution is 2.19. The van der Waals surface area contributed by atoms with Gasteiger partial charge in [-0.1, -0.05) is 49.4 Å². The first kappa shape index (κ1) is 18.2. The van der Waals surface area contributed by atoms with Gasteiger partial charge in [0.25, 0.3) is 0 Å². The van der Waals surface area contributed by atoms with E-state index in [9.17, 15) is 18.3 Å². The van der Waals surface area contributed by atoms with Gasteiger partial charge in [-0.2, -0.15) is 4.31 Å². The molecule has 0 bridgehead atoms. The molecule has 0 saturated heterocycles. The van der Waals surface area contributed by atoms with E-state index in [1.165, 1.54) is 19.2 Å². The van der Waals surface area contributed by atoms with Crippen LogP contribution in [0.2, 0.25) is 0 Å². The van der Waals surface area contributed by atoms with Gasteiger partial charge < -0.3 is 5.11 Å². The van der Waals surface area contributed by atoms with Crippen LogP contribution in [0.5, 0.6) is 0 Å². The van der Waals surface area contributed by atoms with Gasteiger partial charge in [0.05, 0.1) is 4.90 Å². The molecule has 24 heavy (non-hydrogen) atoms.